The lowest BCUT2D eigenvalue weighted by molar-refractivity contribution is -0.225. The zero-order chi connectivity index (χ0) is 23.1. The zero-order valence-electron chi connectivity index (χ0n) is 18.3. The Morgan fingerprint density at radius 1 is 1.18 bits per heavy atom. The number of carbonyl (C=O) groups is 1. The van der Waals surface area contributed by atoms with Crippen molar-refractivity contribution in [3.05, 3.63) is 64.7 Å². The van der Waals surface area contributed by atoms with E-state index in [-0.39, 0.29) is 31.3 Å². The van der Waals surface area contributed by atoms with E-state index in [4.69, 9.17) is 21.1 Å². The molecule has 2 aromatic rings. The van der Waals surface area contributed by atoms with E-state index in [1.54, 1.807) is 36.3 Å². The second-order valence-electron chi connectivity index (χ2n) is 8.15. The summed E-state index contributed by atoms with van der Waals surface area (Å²) in [5.41, 5.74) is 1.65. The number of carbonyl (C=O) groups excluding carboxylic acids is 1. The number of benzene rings is 2. The molecule has 9 heteroatoms. The van der Waals surface area contributed by atoms with E-state index in [1.165, 1.54) is 0 Å². The average molecular weight is 506 g/mol. The van der Waals surface area contributed by atoms with Crippen molar-refractivity contribution in [1.29, 1.82) is 0 Å². The van der Waals surface area contributed by atoms with Crippen molar-refractivity contribution in [1.82, 2.24) is 4.90 Å². The van der Waals surface area contributed by atoms with Crippen LogP contribution < -0.4 is 4.74 Å². The Hall–Kier alpha value is -1.96. The van der Waals surface area contributed by atoms with Crippen molar-refractivity contribution in [2.45, 2.75) is 38.0 Å². The highest BCUT2D eigenvalue weighted by molar-refractivity contribution is 6.30. The van der Waals surface area contributed by atoms with Crippen molar-refractivity contribution in [2.24, 2.45) is 5.92 Å². The van der Waals surface area contributed by atoms with Gasteiger partial charge in [-0.15, -0.1) is 12.4 Å². The normalized spacial score (nSPS) is 17.7. The molecule has 33 heavy (non-hydrogen) atoms. The predicted octanol–water partition coefficient (Wildman–Crippen LogP) is 5.74. The number of piperidine rings is 1. The van der Waals surface area contributed by atoms with Gasteiger partial charge in [-0.1, -0.05) is 35.9 Å². The number of likely N-dealkylation sites (tertiary alicyclic amines) is 1. The fraction of sp³-hybridized carbons (Fsp3) is 0.458. The third-order valence-corrected chi connectivity index (χ3v) is 5.84. The van der Waals surface area contributed by atoms with Crippen LogP contribution >= 0.6 is 24.0 Å². The molecule has 2 aromatic carbocycles. The number of hydrogen-bond acceptors (Lipinski definition) is 4. The molecule has 0 radical (unpaired) electrons. The van der Waals surface area contributed by atoms with Gasteiger partial charge in [-0.05, 0) is 67.1 Å². The third kappa shape index (κ3) is 8.72. The molecule has 0 bridgehead atoms. The Balaban J connectivity index is 0.00000385. The summed E-state index contributed by atoms with van der Waals surface area (Å²) in [6, 6.07) is 14.1. The smallest absolute Gasteiger partial charge is 0.426 e. The molecule has 1 aliphatic rings. The molecular weight excluding hydrogens is 478 g/mol. The lowest BCUT2D eigenvalue weighted by atomic mass is 9.91. The first-order valence-electron chi connectivity index (χ1n) is 10.6. The predicted molar refractivity (Wildman–Crippen MR) is 124 cm³/mol. The van der Waals surface area contributed by atoms with E-state index < -0.39 is 18.2 Å². The number of halogens is 5. The first kappa shape index (κ1) is 27.3. The summed E-state index contributed by atoms with van der Waals surface area (Å²) in [5.74, 6) is 0.0917. The molecule has 0 saturated carbocycles. The minimum Gasteiger partial charge on any atom is -0.497 e. The molecule has 0 amide bonds. The second kappa shape index (κ2) is 12.5. The number of alkyl halides is 3. The van der Waals surface area contributed by atoms with Crippen LogP contribution in [-0.4, -0.2) is 49.9 Å². The monoisotopic (exact) mass is 505 g/mol. The average Bonchev–Trinajstić information content (AvgIpc) is 2.75. The Morgan fingerprint density at radius 3 is 2.58 bits per heavy atom. The van der Waals surface area contributed by atoms with Gasteiger partial charge in [0.2, 0.25) is 6.10 Å². The van der Waals surface area contributed by atoms with Crippen LogP contribution in [0.2, 0.25) is 5.02 Å². The molecule has 0 aliphatic carbocycles. The van der Waals surface area contributed by atoms with Crippen molar-refractivity contribution in [3.63, 3.8) is 0 Å². The Kier molecular flexibility index (Phi) is 10.3. The SMILES string of the molecule is COc1cccc(CC2CCCN(C[C@H](OC(=O)Cc3ccc(Cl)cc3)C(F)(F)F)C2)c1.Cl. The van der Waals surface area contributed by atoms with Crippen LogP contribution in [0, 0.1) is 5.92 Å². The Labute approximate surface area is 203 Å². The van der Waals surface area contributed by atoms with Crippen LogP contribution in [0.3, 0.4) is 0 Å². The van der Waals surface area contributed by atoms with Gasteiger partial charge in [0, 0.05) is 18.1 Å². The molecule has 1 saturated heterocycles. The first-order chi connectivity index (χ1) is 15.2. The third-order valence-electron chi connectivity index (χ3n) is 5.59. The van der Waals surface area contributed by atoms with E-state index in [2.05, 4.69) is 0 Å². The molecule has 1 fully saturated rings. The Morgan fingerprint density at radius 2 is 1.91 bits per heavy atom. The molecule has 2 atom stereocenters. The van der Waals surface area contributed by atoms with Crippen LogP contribution in [0.15, 0.2) is 48.5 Å². The van der Waals surface area contributed by atoms with Crippen molar-refractivity contribution < 1.29 is 27.4 Å². The fourth-order valence-corrected chi connectivity index (χ4v) is 4.15. The standard InChI is InChI=1S/C24H27ClF3NO3.ClH/c1-31-21-6-2-4-18(13-21)12-19-5-3-11-29(15-19)16-22(24(26,27)28)32-23(30)14-17-7-9-20(25)10-8-17;/h2,4,6-10,13,19,22H,3,5,11-12,14-16H2,1H3;1H/t19?,22-;/m0./s1. The van der Waals surface area contributed by atoms with Crippen LogP contribution in [0.5, 0.6) is 5.75 Å². The first-order valence-corrected chi connectivity index (χ1v) is 11.0. The van der Waals surface area contributed by atoms with Gasteiger partial charge in [0.05, 0.1) is 13.5 Å². The molecule has 1 aliphatic heterocycles. The Bertz CT molecular complexity index is 893. The quantitative estimate of drug-likeness (QED) is 0.428. The van der Waals surface area contributed by atoms with Crippen LogP contribution in [-0.2, 0) is 22.4 Å². The van der Waals surface area contributed by atoms with Gasteiger partial charge in [-0.2, -0.15) is 13.2 Å². The summed E-state index contributed by atoms with van der Waals surface area (Å²) in [6.45, 7) is 0.721. The molecule has 0 aromatic heterocycles. The summed E-state index contributed by atoms with van der Waals surface area (Å²) in [6.07, 6.45) is -4.50. The maximum Gasteiger partial charge on any atom is 0.426 e. The summed E-state index contributed by atoms with van der Waals surface area (Å²) in [5, 5.41) is 0.490. The van der Waals surface area contributed by atoms with Gasteiger partial charge in [0.1, 0.15) is 5.75 Å². The second-order valence-corrected chi connectivity index (χ2v) is 8.58. The van der Waals surface area contributed by atoms with Gasteiger partial charge < -0.3 is 9.47 Å². The van der Waals surface area contributed by atoms with E-state index in [9.17, 15) is 18.0 Å². The summed E-state index contributed by atoms with van der Waals surface area (Å²) in [7, 11) is 1.60. The largest absolute Gasteiger partial charge is 0.497 e. The maximum atomic E-state index is 13.6. The molecule has 182 valence electrons. The van der Waals surface area contributed by atoms with E-state index in [0.717, 1.165) is 30.6 Å². The van der Waals surface area contributed by atoms with E-state index in [1.807, 2.05) is 24.3 Å². The number of methoxy groups -OCH3 is 1. The number of ether oxygens (including phenoxy) is 2. The van der Waals surface area contributed by atoms with Gasteiger partial charge in [0.25, 0.3) is 0 Å². The van der Waals surface area contributed by atoms with E-state index in [0.29, 0.717) is 23.7 Å². The summed E-state index contributed by atoms with van der Waals surface area (Å²) < 4.78 is 51.0. The van der Waals surface area contributed by atoms with Gasteiger partial charge in [-0.3, -0.25) is 9.69 Å². The topological polar surface area (TPSA) is 38.8 Å². The van der Waals surface area contributed by atoms with Gasteiger partial charge in [0.15, 0.2) is 0 Å². The number of esters is 1. The van der Waals surface area contributed by atoms with Crippen molar-refractivity contribution >= 4 is 30.0 Å². The fourth-order valence-electron chi connectivity index (χ4n) is 4.03. The highest BCUT2D eigenvalue weighted by Crippen LogP contribution is 2.28. The van der Waals surface area contributed by atoms with Gasteiger partial charge >= 0.3 is 12.1 Å². The molecule has 4 nitrogen and oxygen atoms in total. The number of rotatable bonds is 8. The van der Waals surface area contributed by atoms with Crippen LogP contribution in [0.25, 0.3) is 0 Å². The van der Waals surface area contributed by atoms with Crippen molar-refractivity contribution in [3.8, 4) is 5.75 Å². The molecule has 1 unspecified atom stereocenters. The van der Waals surface area contributed by atoms with Crippen LogP contribution in [0.1, 0.15) is 24.0 Å². The molecule has 3 rings (SSSR count). The summed E-state index contributed by atoms with van der Waals surface area (Å²) >= 11 is 5.80. The highest BCUT2D eigenvalue weighted by Gasteiger charge is 2.44. The lowest BCUT2D eigenvalue weighted by Gasteiger charge is -2.35. The number of nitrogens with zero attached hydrogens (tertiary/aromatic N) is 1. The minimum atomic E-state index is -4.63. The lowest BCUT2D eigenvalue weighted by Crippen LogP contribution is -2.47. The highest BCUT2D eigenvalue weighted by atomic mass is 35.5. The van der Waals surface area contributed by atoms with Crippen LogP contribution in [0.4, 0.5) is 13.2 Å². The van der Waals surface area contributed by atoms with Gasteiger partial charge in [-0.25, -0.2) is 0 Å². The molecular formula is C24H28Cl2F3NO3. The zero-order valence-corrected chi connectivity index (χ0v) is 19.9. The molecule has 0 spiro atoms. The minimum absolute atomic E-state index is 0. The maximum absolute atomic E-state index is 13.6. The molecule has 0 N–H and O–H groups in total. The summed E-state index contributed by atoms with van der Waals surface area (Å²) in [4.78, 5) is 13.9. The van der Waals surface area contributed by atoms with E-state index >= 15 is 0 Å². The molecule has 1 heterocycles. The number of hydrogen-bond donors (Lipinski definition) is 0. The van der Waals surface area contributed by atoms with Crippen molar-refractivity contribution in [2.75, 3.05) is 26.7 Å².